The van der Waals surface area contributed by atoms with Gasteiger partial charge in [-0.25, -0.2) is 4.79 Å². The number of carbonyl (C=O) groups excluding carboxylic acids is 1. The topological polar surface area (TPSA) is 63.2 Å². The minimum atomic E-state index is -0.383. The second kappa shape index (κ2) is 21.5. The van der Waals surface area contributed by atoms with Crippen LogP contribution in [0.3, 0.4) is 0 Å². The van der Waals surface area contributed by atoms with Crippen molar-refractivity contribution < 1.29 is 28.5 Å². The molecule has 2 aromatic rings. The summed E-state index contributed by atoms with van der Waals surface area (Å²) in [6.07, 6.45) is 22.7. The Morgan fingerprint density at radius 3 is 1.73 bits per heavy atom. The zero-order valence-corrected chi connectivity index (χ0v) is 32.3. The van der Waals surface area contributed by atoms with Crippen molar-refractivity contribution in [3.05, 3.63) is 65.2 Å². The first-order chi connectivity index (χ1) is 24.9. The molecule has 2 saturated heterocycles. The van der Waals surface area contributed by atoms with E-state index in [2.05, 4.69) is 39.8 Å². The lowest BCUT2D eigenvalue weighted by Crippen LogP contribution is -2.42. The first-order valence-corrected chi connectivity index (χ1v) is 20.9. The molecule has 5 rings (SSSR count). The Morgan fingerprint density at radius 2 is 1.16 bits per heavy atom. The van der Waals surface area contributed by atoms with Gasteiger partial charge in [0.1, 0.15) is 5.75 Å². The summed E-state index contributed by atoms with van der Waals surface area (Å²) in [7, 11) is 0. The van der Waals surface area contributed by atoms with Crippen LogP contribution < -0.4 is 4.74 Å². The van der Waals surface area contributed by atoms with Crippen molar-refractivity contribution in [3.8, 4) is 5.75 Å². The molecule has 6 nitrogen and oxygen atoms in total. The average Bonchev–Trinajstić information content (AvgIpc) is 3.16. The van der Waals surface area contributed by atoms with E-state index in [9.17, 15) is 4.79 Å². The molecule has 3 aliphatic rings. The third-order valence-electron chi connectivity index (χ3n) is 11.9. The van der Waals surface area contributed by atoms with Gasteiger partial charge in [0.15, 0.2) is 12.6 Å². The molecular weight excluding hydrogens is 636 g/mol. The lowest BCUT2D eigenvalue weighted by Gasteiger charge is -2.40. The van der Waals surface area contributed by atoms with E-state index in [-0.39, 0.29) is 30.8 Å². The zero-order chi connectivity index (χ0) is 35.8. The summed E-state index contributed by atoms with van der Waals surface area (Å²) in [6.45, 7) is 10.5. The van der Waals surface area contributed by atoms with Crippen LogP contribution >= 0.6 is 0 Å². The Morgan fingerprint density at radius 1 is 0.627 bits per heavy atom. The number of rotatable bonds is 19. The molecule has 0 spiro atoms. The SMILES string of the molecule is CCCCCCCCC1COC(c2ccc(OC(=O)c3ccc(C4CCC(C5OCC(CCCCCCCC)C(C)O5)CC4)cc3)cc2)OC1C. The van der Waals surface area contributed by atoms with Gasteiger partial charge in [-0.1, -0.05) is 115 Å². The Kier molecular flexibility index (Phi) is 16.8. The molecule has 2 heterocycles. The standard InChI is InChI=1S/C45H68O6/c1-5-7-9-11-13-15-17-40-31-47-44(49-33(40)3)38-25-21-36(22-26-38)35-19-23-37(24-20-35)43(46)51-42-29-27-39(28-30-42)45-48-32-41(34(4)50-45)18-16-14-12-10-8-6-2/h19-20,23-24,27-30,33-34,36,38,40-41,44-45H,5-18,21-22,25-26,31-32H2,1-4H3. The van der Waals surface area contributed by atoms with Crippen LogP contribution in [0, 0.1) is 17.8 Å². The van der Waals surface area contributed by atoms with E-state index in [4.69, 9.17) is 23.7 Å². The van der Waals surface area contributed by atoms with Crippen molar-refractivity contribution in [3.63, 3.8) is 0 Å². The van der Waals surface area contributed by atoms with Crippen LogP contribution in [0.25, 0.3) is 0 Å². The summed E-state index contributed by atoms with van der Waals surface area (Å²) in [5.74, 6) is 2.10. The molecule has 2 aromatic carbocycles. The highest BCUT2D eigenvalue weighted by molar-refractivity contribution is 5.91. The summed E-state index contributed by atoms with van der Waals surface area (Å²) < 4.78 is 30.9. The van der Waals surface area contributed by atoms with Gasteiger partial charge in [-0.2, -0.15) is 0 Å². The molecule has 51 heavy (non-hydrogen) atoms. The lowest BCUT2D eigenvalue weighted by atomic mass is 9.78. The van der Waals surface area contributed by atoms with Crippen molar-refractivity contribution in [1.82, 2.24) is 0 Å². The minimum absolute atomic E-state index is 0.0636. The van der Waals surface area contributed by atoms with E-state index < -0.39 is 0 Å². The highest BCUT2D eigenvalue weighted by atomic mass is 16.7. The minimum Gasteiger partial charge on any atom is -0.423 e. The van der Waals surface area contributed by atoms with Crippen LogP contribution in [-0.2, 0) is 18.9 Å². The van der Waals surface area contributed by atoms with Crippen LogP contribution in [-0.4, -0.2) is 37.7 Å². The molecule has 2 aliphatic heterocycles. The highest BCUT2D eigenvalue weighted by Gasteiger charge is 2.36. The van der Waals surface area contributed by atoms with Gasteiger partial charge in [0.2, 0.25) is 0 Å². The van der Waals surface area contributed by atoms with E-state index in [1.54, 1.807) is 0 Å². The fourth-order valence-corrected chi connectivity index (χ4v) is 8.31. The fraction of sp³-hybridized carbons (Fsp3) is 0.711. The Hall–Kier alpha value is -2.25. The molecule has 1 aliphatic carbocycles. The van der Waals surface area contributed by atoms with Crippen molar-refractivity contribution in [2.24, 2.45) is 17.8 Å². The Bertz CT molecular complexity index is 1250. The number of hydrogen-bond acceptors (Lipinski definition) is 6. The number of ether oxygens (including phenoxy) is 5. The highest BCUT2D eigenvalue weighted by Crippen LogP contribution is 2.40. The monoisotopic (exact) mass is 705 g/mol. The largest absolute Gasteiger partial charge is 0.423 e. The zero-order valence-electron chi connectivity index (χ0n) is 32.3. The van der Waals surface area contributed by atoms with E-state index in [0.29, 0.717) is 35.0 Å². The molecule has 0 aromatic heterocycles. The number of carbonyl (C=O) groups is 1. The summed E-state index contributed by atoms with van der Waals surface area (Å²) in [5, 5.41) is 0. The van der Waals surface area contributed by atoms with Gasteiger partial charge in [-0.05, 0) is 88.1 Å². The molecule has 0 radical (unpaired) electrons. The molecule has 0 bridgehead atoms. The third kappa shape index (κ3) is 12.4. The lowest BCUT2D eigenvalue weighted by molar-refractivity contribution is -0.257. The first-order valence-electron chi connectivity index (χ1n) is 20.9. The van der Waals surface area contributed by atoms with Gasteiger partial charge in [0.05, 0.1) is 31.0 Å². The number of benzene rings is 2. The van der Waals surface area contributed by atoms with Gasteiger partial charge in [0, 0.05) is 23.3 Å². The maximum absolute atomic E-state index is 13.0. The molecule has 6 atom stereocenters. The fourth-order valence-electron chi connectivity index (χ4n) is 8.31. The maximum Gasteiger partial charge on any atom is 0.343 e. The van der Waals surface area contributed by atoms with Gasteiger partial charge >= 0.3 is 5.97 Å². The molecule has 0 amide bonds. The van der Waals surface area contributed by atoms with E-state index >= 15 is 0 Å². The predicted octanol–water partition coefficient (Wildman–Crippen LogP) is 12.1. The quantitative estimate of drug-likeness (QED) is 0.0824. The molecule has 0 N–H and O–H groups in total. The van der Waals surface area contributed by atoms with Gasteiger partial charge in [-0.15, -0.1) is 0 Å². The average molecular weight is 705 g/mol. The molecule has 6 unspecified atom stereocenters. The summed E-state index contributed by atoms with van der Waals surface area (Å²) in [4.78, 5) is 13.0. The van der Waals surface area contributed by atoms with Crippen LogP contribution in [0.5, 0.6) is 5.75 Å². The van der Waals surface area contributed by atoms with Crippen LogP contribution in [0.2, 0.25) is 0 Å². The van der Waals surface area contributed by atoms with Crippen molar-refractivity contribution in [2.45, 2.75) is 174 Å². The number of esters is 1. The van der Waals surface area contributed by atoms with Gasteiger partial charge < -0.3 is 23.7 Å². The second-order valence-corrected chi connectivity index (χ2v) is 15.9. The third-order valence-corrected chi connectivity index (χ3v) is 11.9. The molecule has 284 valence electrons. The maximum atomic E-state index is 13.0. The van der Waals surface area contributed by atoms with E-state index in [0.717, 1.165) is 50.9 Å². The smallest absolute Gasteiger partial charge is 0.343 e. The Labute approximate surface area is 309 Å². The van der Waals surface area contributed by atoms with Crippen LogP contribution in [0.4, 0.5) is 0 Å². The van der Waals surface area contributed by atoms with E-state index in [1.165, 1.54) is 89.0 Å². The molecular formula is C45H68O6. The normalized spacial score (nSPS) is 28.4. The summed E-state index contributed by atoms with van der Waals surface area (Å²) in [5.41, 5.74) is 2.81. The molecule has 6 heteroatoms. The predicted molar refractivity (Wildman–Crippen MR) is 205 cm³/mol. The Balaban J connectivity index is 0.995. The van der Waals surface area contributed by atoms with Gasteiger partial charge in [-0.3, -0.25) is 0 Å². The molecule has 1 saturated carbocycles. The van der Waals surface area contributed by atoms with Crippen molar-refractivity contribution >= 4 is 5.97 Å². The van der Waals surface area contributed by atoms with Crippen LogP contribution in [0.1, 0.15) is 177 Å². The first kappa shape index (κ1) is 39.9. The summed E-state index contributed by atoms with van der Waals surface area (Å²) >= 11 is 0. The van der Waals surface area contributed by atoms with Crippen molar-refractivity contribution in [1.29, 1.82) is 0 Å². The number of hydrogen-bond donors (Lipinski definition) is 0. The van der Waals surface area contributed by atoms with Crippen LogP contribution in [0.15, 0.2) is 48.5 Å². The van der Waals surface area contributed by atoms with Crippen molar-refractivity contribution in [2.75, 3.05) is 13.2 Å². The molecule has 3 fully saturated rings. The van der Waals surface area contributed by atoms with E-state index in [1.807, 2.05) is 36.4 Å². The summed E-state index contributed by atoms with van der Waals surface area (Å²) in [6, 6.07) is 15.6. The van der Waals surface area contributed by atoms with Gasteiger partial charge in [0.25, 0.3) is 0 Å². The number of unbranched alkanes of at least 4 members (excludes halogenated alkanes) is 10. The second-order valence-electron chi connectivity index (χ2n) is 15.9.